The summed E-state index contributed by atoms with van der Waals surface area (Å²) in [7, 11) is 0. The third-order valence-electron chi connectivity index (χ3n) is 1.20. The molecular weight excluding hydrogens is 196 g/mol. The number of halogens is 1. The molecule has 0 saturated heterocycles. The molecule has 0 aromatic heterocycles. The highest BCUT2D eigenvalue weighted by Gasteiger charge is 2.04. The van der Waals surface area contributed by atoms with E-state index in [1.54, 1.807) is 0 Å². The van der Waals surface area contributed by atoms with Crippen LogP contribution in [0.5, 0.6) is 0 Å². The minimum Gasteiger partial charge on any atom is -0.298 e. The Morgan fingerprint density at radius 2 is 2.70 bits per heavy atom. The highest BCUT2D eigenvalue weighted by Crippen LogP contribution is 2.06. The van der Waals surface area contributed by atoms with Crippen molar-refractivity contribution in [3.8, 4) is 0 Å². The molecule has 0 aromatic carbocycles. The summed E-state index contributed by atoms with van der Waals surface area (Å²) in [6.45, 7) is 1.17. The van der Waals surface area contributed by atoms with Crippen molar-refractivity contribution in [3.05, 3.63) is 12.2 Å². The molecule has 0 aromatic rings. The van der Waals surface area contributed by atoms with Gasteiger partial charge in [0.1, 0.15) is 6.61 Å². The van der Waals surface area contributed by atoms with Crippen molar-refractivity contribution in [1.82, 2.24) is 0 Å². The van der Waals surface area contributed by atoms with E-state index in [1.807, 2.05) is 12.2 Å². The Bertz CT molecular complexity index is 167. The maximum Gasteiger partial charge on any atom is 0.110 e. The summed E-state index contributed by atoms with van der Waals surface area (Å²) in [6, 6.07) is 0. The Morgan fingerprint density at radius 1 is 1.90 bits per heavy atom. The van der Waals surface area contributed by atoms with Crippen LogP contribution in [-0.4, -0.2) is 23.7 Å². The van der Waals surface area contributed by atoms with Crippen LogP contribution in [0.3, 0.4) is 0 Å². The largest absolute Gasteiger partial charge is 0.298 e. The minimum atomic E-state index is 0.369. The molecule has 0 aliphatic carbocycles. The summed E-state index contributed by atoms with van der Waals surface area (Å²) >= 11 is 3.40. The molecule has 1 aliphatic rings. The van der Waals surface area contributed by atoms with Crippen LogP contribution >= 0.6 is 15.9 Å². The van der Waals surface area contributed by atoms with Gasteiger partial charge in [-0.05, 0) is 6.08 Å². The first-order chi connectivity index (χ1) is 4.83. The Kier molecular flexibility index (Phi) is 3.05. The summed E-state index contributed by atoms with van der Waals surface area (Å²) in [5, 5.41) is 0. The van der Waals surface area contributed by atoms with Gasteiger partial charge in [-0.3, -0.25) is 9.83 Å². The lowest BCUT2D eigenvalue weighted by Crippen LogP contribution is -2.16. The van der Waals surface area contributed by atoms with Gasteiger partial charge in [0.2, 0.25) is 0 Å². The summed E-state index contributed by atoms with van der Waals surface area (Å²) in [5.41, 5.74) is 0.901. The first-order valence-corrected chi connectivity index (χ1v) is 3.92. The van der Waals surface area contributed by atoms with Crippen molar-refractivity contribution < 1.29 is 4.84 Å². The van der Waals surface area contributed by atoms with E-state index in [1.165, 1.54) is 0 Å². The number of dihydropyridines is 1. The average Bonchev–Trinajstić information content (AvgIpc) is 1.95. The van der Waals surface area contributed by atoms with Crippen molar-refractivity contribution in [2.75, 3.05) is 13.2 Å². The lowest BCUT2D eigenvalue weighted by molar-refractivity contribution is 0.178. The summed E-state index contributed by atoms with van der Waals surface area (Å²) in [4.78, 5) is 8.97. The maximum atomic E-state index is 4.87. The van der Waals surface area contributed by atoms with Crippen LogP contribution in [0, 0.1) is 0 Å². The van der Waals surface area contributed by atoms with E-state index in [9.17, 15) is 0 Å². The first kappa shape index (κ1) is 7.91. The molecule has 0 spiro atoms. The van der Waals surface area contributed by atoms with Crippen LogP contribution in [0.15, 0.2) is 17.1 Å². The third-order valence-corrected chi connectivity index (χ3v) is 1.79. The number of nitrogens with two attached hydrogens (primary N) is 1. The van der Waals surface area contributed by atoms with E-state index in [0.717, 1.165) is 12.3 Å². The van der Waals surface area contributed by atoms with Gasteiger partial charge in [-0.1, -0.05) is 22.0 Å². The number of hydrogen-bond donors (Lipinski definition) is 1. The standard InChI is InChI=1S/C6H9BrN2O/c7-5-1-2-6(4-10-8)9-3-5/h1-2,5H,3-4,8H2. The fourth-order valence-corrected chi connectivity index (χ4v) is 1.01. The van der Waals surface area contributed by atoms with Gasteiger partial charge in [0.05, 0.1) is 17.1 Å². The average molecular weight is 205 g/mol. The predicted octanol–water partition coefficient (Wildman–Crippen LogP) is 0.651. The van der Waals surface area contributed by atoms with E-state index in [0.29, 0.717) is 11.4 Å². The number of aliphatic imine (C=N–C) groups is 1. The minimum absolute atomic E-state index is 0.369. The predicted molar refractivity (Wildman–Crippen MR) is 44.3 cm³/mol. The van der Waals surface area contributed by atoms with Crippen LogP contribution in [0.1, 0.15) is 0 Å². The monoisotopic (exact) mass is 204 g/mol. The molecule has 1 rings (SSSR count). The zero-order chi connectivity index (χ0) is 7.40. The van der Waals surface area contributed by atoms with Crippen molar-refractivity contribution in [2.45, 2.75) is 4.83 Å². The van der Waals surface area contributed by atoms with E-state index >= 15 is 0 Å². The second-order valence-electron chi connectivity index (χ2n) is 2.02. The molecule has 3 nitrogen and oxygen atoms in total. The highest BCUT2D eigenvalue weighted by molar-refractivity contribution is 9.09. The third kappa shape index (κ3) is 2.21. The van der Waals surface area contributed by atoms with Crippen LogP contribution in [0.4, 0.5) is 0 Å². The lowest BCUT2D eigenvalue weighted by Gasteiger charge is -2.07. The van der Waals surface area contributed by atoms with Gasteiger partial charge < -0.3 is 0 Å². The van der Waals surface area contributed by atoms with Gasteiger partial charge in [0, 0.05) is 0 Å². The Morgan fingerprint density at radius 3 is 3.20 bits per heavy atom. The molecule has 1 heterocycles. The molecule has 0 saturated carbocycles. The van der Waals surface area contributed by atoms with Gasteiger partial charge in [0.25, 0.3) is 0 Å². The Labute approximate surface area is 68.0 Å². The maximum absolute atomic E-state index is 4.87. The molecule has 0 bridgehead atoms. The second kappa shape index (κ2) is 3.85. The van der Waals surface area contributed by atoms with Crippen molar-refractivity contribution in [3.63, 3.8) is 0 Å². The molecule has 10 heavy (non-hydrogen) atoms. The number of nitrogens with zero attached hydrogens (tertiary/aromatic N) is 1. The molecule has 56 valence electrons. The molecule has 0 radical (unpaired) electrons. The zero-order valence-corrected chi connectivity index (χ0v) is 7.04. The molecule has 0 fully saturated rings. The molecule has 1 aliphatic heterocycles. The Hall–Kier alpha value is -0.190. The zero-order valence-electron chi connectivity index (χ0n) is 5.46. The van der Waals surface area contributed by atoms with Crippen LogP contribution < -0.4 is 5.90 Å². The van der Waals surface area contributed by atoms with Crippen molar-refractivity contribution >= 4 is 21.6 Å². The molecule has 1 unspecified atom stereocenters. The van der Waals surface area contributed by atoms with Gasteiger partial charge in [0.15, 0.2) is 0 Å². The lowest BCUT2D eigenvalue weighted by atomic mass is 10.2. The molecular formula is C6H9BrN2O. The second-order valence-corrected chi connectivity index (χ2v) is 3.19. The number of hydrogen-bond acceptors (Lipinski definition) is 3. The van der Waals surface area contributed by atoms with Crippen LogP contribution in [-0.2, 0) is 4.84 Å². The normalized spacial score (nSPS) is 24.6. The first-order valence-electron chi connectivity index (χ1n) is 3.00. The van der Waals surface area contributed by atoms with Gasteiger partial charge in [-0.2, -0.15) is 0 Å². The smallest absolute Gasteiger partial charge is 0.110 e. The summed E-state index contributed by atoms with van der Waals surface area (Å²) in [5.74, 6) is 4.87. The van der Waals surface area contributed by atoms with E-state index in [-0.39, 0.29) is 0 Å². The van der Waals surface area contributed by atoms with Gasteiger partial charge >= 0.3 is 0 Å². The van der Waals surface area contributed by atoms with E-state index in [2.05, 4.69) is 25.8 Å². The Balaban J connectivity index is 2.42. The molecule has 1 atom stereocenters. The number of rotatable bonds is 2. The van der Waals surface area contributed by atoms with E-state index < -0.39 is 0 Å². The molecule has 4 heteroatoms. The molecule has 0 amide bonds. The van der Waals surface area contributed by atoms with Crippen LogP contribution in [0.25, 0.3) is 0 Å². The fourth-order valence-electron chi connectivity index (χ4n) is 0.713. The quantitative estimate of drug-likeness (QED) is 0.531. The van der Waals surface area contributed by atoms with E-state index in [4.69, 9.17) is 5.90 Å². The van der Waals surface area contributed by atoms with Crippen molar-refractivity contribution in [2.24, 2.45) is 10.9 Å². The van der Waals surface area contributed by atoms with Crippen molar-refractivity contribution in [1.29, 1.82) is 0 Å². The summed E-state index contributed by atoms with van der Waals surface area (Å²) < 4.78 is 0. The van der Waals surface area contributed by atoms with Gasteiger partial charge in [-0.15, -0.1) is 0 Å². The fraction of sp³-hybridized carbons (Fsp3) is 0.500. The van der Waals surface area contributed by atoms with Crippen LogP contribution in [0.2, 0.25) is 0 Å². The highest BCUT2D eigenvalue weighted by atomic mass is 79.9. The SMILES string of the molecule is NOCC1=NCC(Br)C=C1. The topological polar surface area (TPSA) is 47.6 Å². The summed E-state index contributed by atoms with van der Waals surface area (Å²) in [6.07, 6.45) is 3.94. The number of alkyl halides is 1. The molecule has 2 N–H and O–H groups in total. The van der Waals surface area contributed by atoms with Gasteiger partial charge in [-0.25, -0.2) is 5.90 Å².